The minimum Gasteiger partial charge on any atom is -0.478 e. The van der Waals surface area contributed by atoms with Crippen LogP contribution in [0.25, 0.3) is 0 Å². The van der Waals surface area contributed by atoms with Crippen LogP contribution in [0.5, 0.6) is 0 Å². The number of anilines is 1. The maximum absolute atomic E-state index is 10.6. The van der Waals surface area contributed by atoms with Crippen LogP contribution in [0.3, 0.4) is 0 Å². The molecule has 1 aromatic rings. The van der Waals surface area contributed by atoms with E-state index < -0.39 is 5.97 Å². The first-order valence-corrected chi connectivity index (χ1v) is 4.53. The quantitative estimate of drug-likeness (QED) is 0.583. The normalized spacial score (nSPS) is 9.19. The number of carboxylic acid groups (broad SMARTS) is 1. The topological polar surface area (TPSA) is 66.3 Å². The highest BCUT2D eigenvalue weighted by molar-refractivity contribution is 5.86. The molecule has 1 N–H and O–H groups in total. The van der Waals surface area contributed by atoms with E-state index in [0.717, 1.165) is 0 Å². The molecule has 1 rings (SSSR count). The molecule has 82 valence electrons. The lowest BCUT2D eigenvalue weighted by Gasteiger charge is -2.17. The SMILES string of the molecule is C#CCN(CC=C)c1ncc(C(=O)O)cn1. The fraction of sp³-hybridized carbons (Fsp3) is 0.182. The summed E-state index contributed by atoms with van der Waals surface area (Å²) < 4.78 is 0. The second-order valence-electron chi connectivity index (χ2n) is 2.95. The molecule has 0 atom stereocenters. The third-order valence-corrected chi connectivity index (χ3v) is 1.80. The van der Waals surface area contributed by atoms with Gasteiger partial charge in [0.1, 0.15) is 0 Å². The summed E-state index contributed by atoms with van der Waals surface area (Å²) in [5.74, 6) is 1.81. The van der Waals surface area contributed by atoms with Crippen molar-refractivity contribution in [1.29, 1.82) is 0 Å². The summed E-state index contributed by atoms with van der Waals surface area (Å²) in [6.45, 7) is 4.45. The number of hydrogen-bond acceptors (Lipinski definition) is 4. The van der Waals surface area contributed by atoms with Gasteiger partial charge in [-0.2, -0.15) is 0 Å². The first kappa shape index (κ1) is 11.7. The van der Waals surface area contributed by atoms with Crippen LogP contribution in [0.15, 0.2) is 25.0 Å². The highest BCUT2D eigenvalue weighted by Gasteiger charge is 2.08. The predicted molar refractivity (Wildman–Crippen MR) is 60.2 cm³/mol. The standard InChI is InChI=1S/C11H11N3O2/c1-3-5-14(6-4-2)11-12-7-9(8-13-11)10(15)16/h1,4,7-8H,2,5-6H2,(H,15,16). The van der Waals surface area contributed by atoms with E-state index in [1.807, 2.05) is 0 Å². The molecule has 0 aliphatic carbocycles. The lowest BCUT2D eigenvalue weighted by Crippen LogP contribution is -2.25. The van der Waals surface area contributed by atoms with E-state index in [-0.39, 0.29) is 5.56 Å². The Bertz CT molecular complexity index is 420. The smallest absolute Gasteiger partial charge is 0.338 e. The molecular formula is C11H11N3O2. The molecule has 0 amide bonds. The van der Waals surface area contributed by atoms with Gasteiger partial charge in [0.25, 0.3) is 0 Å². The number of carbonyl (C=O) groups is 1. The second kappa shape index (κ2) is 5.51. The number of aromatic carboxylic acids is 1. The molecule has 1 aromatic heterocycles. The fourth-order valence-electron chi connectivity index (χ4n) is 1.08. The average molecular weight is 217 g/mol. The first-order chi connectivity index (χ1) is 7.69. The number of hydrogen-bond donors (Lipinski definition) is 1. The Morgan fingerprint density at radius 2 is 2.25 bits per heavy atom. The summed E-state index contributed by atoms with van der Waals surface area (Å²) in [4.78, 5) is 20.2. The van der Waals surface area contributed by atoms with Crippen molar-refractivity contribution in [2.24, 2.45) is 0 Å². The zero-order chi connectivity index (χ0) is 12.0. The highest BCUT2D eigenvalue weighted by Crippen LogP contribution is 2.06. The second-order valence-corrected chi connectivity index (χ2v) is 2.95. The van der Waals surface area contributed by atoms with E-state index in [9.17, 15) is 4.79 Å². The summed E-state index contributed by atoms with van der Waals surface area (Å²) >= 11 is 0. The van der Waals surface area contributed by atoms with Gasteiger partial charge in [0.15, 0.2) is 0 Å². The summed E-state index contributed by atoms with van der Waals surface area (Å²) in [7, 11) is 0. The molecule has 0 radical (unpaired) electrons. The molecule has 0 bridgehead atoms. The summed E-state index contributed by atoms with van der Waals surface area (Å²) in [5, 5.41) is 8.68. The van der Waals surface area contributed by atoms with Gasteiger partial charge >= 0.3 is 5.97 Å². The molecule has 5 heteroatoms. The zero-order valence-electron chi connectivity index (χ0n) is 8.63. The van der Waals surface area contributed by atoms with Crippen molar-refractivity contribution in [2.75, 3.05) is 18.0 Å². The number of nitrogens with zero attached hydrogens (tertiary/aromatic N) is 3. The minimum atomic E-state index is -1.06. The largest absolute Gasteiger partial charge is 0.478 e. The van der Waals surface area contributed by atoms with Crippen LogP contribution in [-0.2, 0) is 0 Å². The van der Waals surface area contributed by atoms with Crippen LogP contribution in [0.2, 0.25) is 0 Å². The summed E-state index contributed by atoms with van der Waals surface area (Å²) in [6, 6.07) is 0. The van der Waals surface area contributed by atoms with Crippen molar-refractivity contribution in [3.05, 3.63) is 30.6 Å². The van der Waals surface area contributed by atoms with E-state index in [4.69, 9.17) is 11.5 Å². The molecule has 5 nitrogen and oxygen atoms in total. The van der Waals surface area contributed by atoms with Crippen molar-refractivity contribution in [3.63, 3.8) is 0 Å². The Balaban J connectivity index is 2.89. The number of rotatable bonds is 5. The van der Waals surface area contributed by atoms with Crippen molar-refractivity contribution >= 4 is 11.9 Å². The van der Waals surface area contributed by atoms with E-state index in [1.165, 1.54) is 12.4 Å². The van der Waals surface area contributed by atoms with Gasteiger partial charge in [-0.15, -0.1) is 13.0 Å². The molecule has 16 heavy (non-hydrogen) atoms. The molecule has 0 aliphatic heterocycles. The predicted octanol–water partition coefficient (Wildman–Crippen LogP) is 0.800. The fourth-order valence-corrected chi connectivity index (χ4v) is 1.08. The minimum absolute atomic E-state index is 0.0445. The van der Waals surface area contributed by atoms with Crippen LogP contribution in [0.4, 0.5) is 5.95 Å². The lowest BCUT2D eigenvalue weighted by atomic mass is 10.3. The van der Waals surface area contributed by atoms with Gasteiger partial charge in [-0.1, -0.05) is 12.0 Å². The maximum atomic E-state index is 10.6. The van der Waals surface area contributed by atoms with Crippen molar-refractivity contribution < 1.29 is 9.90 Å². The number of terminal acetylenes is 1. The van der Waals surface area contributed by atoms with Crippen molar-refractivity contribution in [2.45, 2.75) is 0 Å². The average Bonchev–Trinajstić information content (AvgIpc) is 2.29. The molecule has 1 heterocycles. The highest BCUT2D eigenvalue weighted by atomic mass is 16.4. The monoisotopic (exact) mass is 217 g/mol. The first-order valence-electron chi connectivity index (χ1n) is 4.53. The van der Waals surface area contributed by atoms with Crippen LogP contribution in [0.1, 0.15) is 10.4 Å². The van der Waals surface area contributed by atoms with Gasteiger partial charge in [0.2, 0.25) is 5.95 Å². The number of aromatic nitrogens is 2. The Morgan fingerprint density at radius 3 is 2.69 bits per heavy atom. The Hall–Kier alpha value is -2.35. The molecule has 0 unspecified atom stereocenters. The van der Waals surface area contributed by atoms with Crippen LogP contribution in [0, 0.1) is 12.3 Å². The molecule has 0 aliphatic rings. The summed E-state index contributed by atoms with van der Waals surface area (Å²) in [5.41, 5.74) is 0.0445. The van der Waals surface area contributed by atoms with E-state index in [1.54, 1.807) is 11.0 Å². The Morgan fingerprint density at radius 1 is 1.62 bits per heavy atom. The Kier molecular flexibility index (Phi) is 4.04. The molecule has 0 saturated carbocycles. The van der Waals surface area contributed by atoms with Gasteiger partial charge in [0.05, 0.1) is 12.1 Å². The van der Waals surface area contributed by atoms with E-state index >= 15 is 0 Å². The van der Waals surface area contributed by atoms with Gasteiger partial charge < -0.3 is 10.0 Å². The number of carboxylic acids is 1. The third-order valence-electron chi connectivity index (χ3n) is 1.80. The molecule has 0 saturated heterocycles. The zero-order valence-corrected chi connectivity index (χ0v) is 8.63. The van der Waals surface area contributed by atoms with E-state index in [2.05, 4.69) is 22.5 Å². The van der Waals surface area contributed by atoms with Gasteiger partial charge in [0, 0.05) is 18.9 Å². The summed E-state index contributed by atoms with van der Waals surface area (Å²) in [6.07, 6.45) is 9.37. The maximum Gasteiger partial charge on any atom is 0.338 e. The van der Waals surface area contributed by atoms with Crippen LogP contribution < -0.4 is 4.90 Å². The lowest BCUT2D eigenvalue weighted by molar-refractivity contribution is 0.0696. The van der Waals surface area contributed by atoms with Gasteiger partial charge in [-0.05, 0) is 0 Å². The Labute approximate surface area is 93.5 Å². The van der Waals surface area contributed by atoms with E-state index in [0.29, 0.717) is 19.0 Å². The van der Waals surface area contributed by atoms with Crippen molar-refractivity contribution in [3.8, 4) is 12.3 Å². The van der Waals surface area contributed by atoms with Gasteiger partial charge in [-0.3, -0.25) is 0 Å². The molecule has 0 spiro atoms. The third kappa shape index (κ3) is 2.82. The molecular weight excluding hydrogens is 206 g/mol. The van der Waals surface area contributed by atoms with Crippen LogP contribution >= 0.6 is 0 Å². The van der Waals surface area contributed by atoms with Gasteiger partial charge in [-0.25, -0.2) is 14.8 Å². The van der Waals surface area contributed by atoms with Crippen LogP contribution in [-0.4, -0.2) is 34.1 Å². The molecule has 0 aromatic carbocycles. The molecule has 0 fully saturated rings. The van der Waals surface area contributed by atoms with Crippen molar-refractivity contribution in [1.82, 2.24) is 9.97 Å².